The van der Waals surface area contributed by atoms with Crippen LogP contribution in [0.2, 0.25) is 0 Å². The number of hydrogen-bond donors (Lipinski definition) is 1. The molecule has 3 nitrogen and oxygen atoms in total. The van der Waals surface area contributed by atoms with Crippen molar-refractivity contribution in [2.45, 2.75) is 6.43 Å². The van der Waals surface area contributed by atoms with Crippen LogP contribution in [0.15, 0.2) is 18.2 Å². The smallest absolute Gasteiger partial charge is 0.272 e. The van der Waals surface area contributed by atoms with Gasteiger partial charge in [0, 0.05) is 32.2 Å². The van der Waals surface area contributed by atoms with Gasteiger partial charge in [-0.2, -0.15) is 0 Å². The van der Waals surface area contributed by atoms with Gasteiger partial charge >= 0.3 is 0 Å². The number of anilines is 1. The number of halogens is 3. The first-order valence-electron chi connectivity index (χ1n) is 5.83. The topological polar surface area (TPSA) is 24.5 Å². The highest BCUT2D eigenvalue weighted by atomic mass is 19.3. The molecule has 0 radical (unpaired) electrons. The second-order valence-electron chi connectivity index (χ2n) is 4.05. The van der Waals surface area contributed by atoms with Gasteiger partial charge in [0.2, 0.25) is 0 Å². The summed E-state index contributed by atoms with van der Waals surface area (Å²) in [6.07, 6.45) is -2.54. The van der Waals surface area contributed by atoms with Gasteiger partial charge < -0.3 is 15.0 Å². The number of alkyl halides is 2. The van der Waals surface area contributed by atoms with Crippen LogP contribution in [-0.4, -0.2) is 39.2 Å². The second kappa shape index (κ2) is 5.95. The molecule has 0 bridgehead atoms. The highest BCUT2D eigenvalue weighted by molar-refractivity contribution is 5.59. The van der Waals surface area contributed by atoms with Crippen LogP contribution < -0.4 is 15.0 Å². The van der Waals surface area contributed by atoms with Gasteiger partial charge in [-0.1, -0.05) is 0 Å². The summed E-state index contributed by atoms with van der Waals surface area (Å²) in [4.78, 5) is 1.93. The number of nitrogens with one attached hydrogen (secondary N) is 1. The van der Waals surface area contributed by atoms with Gasteiger partial charge in [0.1, 0.15) is 18.2 Å². The van der Waals surface area contributed by atoms with E-state index in [1.54, 1.807) is 0 Å². The molecule has 0 saturated carbocycles. The summed E-state index contributed by atoms with van der Waals surface area (Å²) < 4.78 is 42.6. The molecule has 1 aromatic carbocycles. The molecule has 1 aliphatic rings. The van der Waals surface area contributed by atoms with Crippen molar-refractivity contribution < 1.29 is 17.9 Å². The fraction of sp³-hybridized carbons (Fsp3) is 0.500. The molecule has 0 unspecified atom stereocenters. The third-order valence-electron chi connectivity index (χ3n) is 2.74. The summed E-state index contributed by atoms with van der Waals surface area (Å²) in [5.74, 6) is -0.0912. The Morgan fingerprint density at radius 2 is 2.00 bits per heavy atom. The van der Waals surface area contributed by atoms with Crippen LogP contribution >= 0.6 is 0 Å². The normalized spacial score (nSPS) is 16.1. The largest absolute Gasteiger partial charge is 0.485 e. The molecule has 1 aliphatic heterocycles. The van der Waals surface area contributed by atoms with Crippen molar-refractivity contribution in [2.75, 3.05) is 37.7 Å². The van der Waals surface area contributed by atoms with Gasteiger partial charge in [-0.25, -0.2) is 13.2 Å². The molecule has 1 N–H and O–H groups in total. The van der Waals surface area contributed by atoms with Gasteiger partial charge in [0.05, 0.1) is 5.69 Å². The lowest BCUT2D eigenvalue weighted by molar-refractivity contribution is 0.0820. The van der Waals surface area contributed by atoms with Crippen molar-refractivity contribution in [2.24, 2.45) is 0 Å². The Hall–Kier alpha value is -1.43. The van der Waals surface area contributed by atoms with Crippen molar-refractivity contribution in [1.82, 2.24) is 5.32 Å². The van der Waals surface area contributed by atoms with Gasteiger partial charge in [0.15, 0.2) is 0 Å². The molecule has 1 heterocycles. The molecule has 100 valence electrons. The molecule has 18 heavy (non-hydrogen) atoms. The lowest BCUT2D eigenvalue weighted by Crippen LogP contribution is -2.43. The molecule has 2 rings (SSSR count). The molecule has 0 aromatic heterocycles. The maximum atomic E-state index is 13.3. The predicted octanol–water partition coefficient (Wildman–Crippen LogP) is 1.88. The summed E-state index contributed by atoms with van der Waals surface area (Å²) in [5.41, 5.74) is 0.539. The fourth-order valence-corrected chi connectivity index (χ4v) is 1.92. The first kappa shape index (κ1) is 13.0. The van der Waals surface area contributed by atoms with Crippen molar-refractivity contribution >= 4 is 5.69 Å². The van der Waals surface area contributed by atoms with Gasteiger partial charge in [0.25, 0.3) is 6.43 Å². The number of hydrogen-bond acceptors (Lipinski definition) is 3. The maximum Gasteiger partial charge on any atom is 0.272 e. The Labute approximate surface area is 104 Å². The van der Waals surface area contributed by atoms with Crippen LogP contribution in [0, 0.1) is 5.82 Å². The van der Waals surface area contributed by atoms with E-state index in [1.807, 2.05) is 4.90 Å². The number of benzene rings is 1. The highest BCUT2D eigenvalue weighted by Crippen LogP contribution is 2.29. The number of piperazine rings is 1. The van der Waals surface area contributed by atoms with E-state index in [-0.39, 0.29) is 0 Å². The van der Waals surface area contributed by atoms with Crippen LogP contribution in [0.3, 0.4) is 0 Å². The molecule has 1 saturated heterocycles. The van der Waals surface area contributed by atoms with Crippen LogP contribution in [0.1, 0.15) is 0 Å². The number of ether oxygens (including phenoxy) is 1. The zero-order valence-corrected chi connectivity index (χ0v) is 9.83. The third kappa shape index (κ3) is 3.29. The molecule has 0 amide bonds. The van der Waals surface area contributed by atoms with Gasteiger partial charge in [-0.3, -0.25) is 0 Å². The van der Waals surface area contributed by atoms with E-state index in [4.69, 9.17) is 4.74 Å². The minimum atomic E-state index is -2.54. The first-order valence-corrected chi connectivity index (χ1v) is 5.83. The van der Waals surface area contributed by atoms with E-state index in [2.05, 4.69) is 5.32 Å². The molecule has 0 aliphatic carbocycles. The standard InChI is InChI=1S/C12H15F3N2O/c13-9-1-2-11(18-8-12(14)15)10(7-9)17-5-3-16-4-6-17/h1-2,7,12,16H,3-6,8H2. The Bertz CT molecular complexity index is 395. The maximum absolute atomic E-state index is 13.3. The SMILES string of the molecule is Fc1ccc(OCC(F)F)c(N2CCNCC2)c1. The van der Waals surface area contributed by atoms with E-state index in [1.165, 1.54) is 18.2 Å². The van der Waals surface area contributed by atoms with Crippen LogP contribution in [0.4, 0.5) is 18.9 Å². The fourth-order valence-electron chi connectivity index (χ4n) is 1.92. The summed E-state index contributed by atoms with van der Waals surface area (Å²) in [6, 6.07) is 3.94. The Balaban J connectivity index is 2.16. The van der Waals surface area contributed by atoms with Crippen molar-refractivity contribution in [3.63, 3.8) is 0 Å². The third-order valence-corrected chi connectivity index (χ3v) is 2.74. The number of nitrogens with zero attached hydrogens (tertiary/aromatic N) is 1. The quantitative estimate of drug-likeness (QED) is 0.894. The zero-order chi connectivity index (χ0) is 13.0. The predicted molar refractivity (Wildman–Crippen MR) is 63.0 cm³/mol. The van der Waals surface area contributed by atoms with E-state index in [9.17, 15) is 13.2 Å². The van der Waals surface area contributed by atoms with E-state index >= 15 is 0 Å². The minimum Gasteiger partial charge on any atom is -0.485 e. The van der Waals surface area contributed by atoms with Crippen LogP contribution in [0.25, 0.3) is 0 Å². The highest BCUT2D eigenvalue weighted by Gasteiger charge is 2.17. The summed E-state index contributed by atoms with van der Waals surface area (Å²) >= 11 is 0. The molecular formula is C12H15F3N2O. The lowest BCUT2D eigenvalue weighted by Gasteiger charge is -2.30. The summed E-state index contributed by atoms with van der Waals surface area (Å²) in [7, 11) is 0. The average molecular weight is 260 g/mol. The second-order valence-corrected chi connectivity index (χ2v) is 4.05. The number of rotatable bonds is 4. The van der Waals surface area contributed by atoms with Crippen molar-refractivity contribution in [1.29, 1.82) is 0 Å². The average Bonchev–Trinajstić information content (AvgIpc) is 2.38. The summed E-state index contributed by atoms with van der Waals surface area (Å²) in [6.45, 7) is 2.29. The molecule has 6 heteroatoms. The molecule has 1 fully saturated rings. The minimum absolute atomic E-state index is 0.304. The van der Waals surface area contributed by atoms with E-state index in [0.717, 1.165) is 13.1 Å². The van der Waals surface area contributed by atoms with Crippen LogP contribution in [-0.2, 0) is 0 Å². The molecule has 1 aromatic rings. The van der Waals surface area contributed by atoms with Gasteiger partial charge in [-0.15, -0.1) is 0 Å². The zero-order valence-electron chi connectivity index (χ0n) is 9.83. The molecule has 0 atom stereocenters. The molecular weight excluding hydrogens is 245 g/mol. The van der Waals surface area contributed by atoms with Crippen molar-refractivity contribution in [3.8, 4) is 5.75 Å². The molecule has 0 spiro atoms. The lowest BCUT2D eigenvalue weighted by atomic mass is 10.2. The first-order chi connectivity index (χ1) is 8.66. The van der Waals surface area contributed by atoms with Gasteiger partial charge in [-0.05, 0) is 12.1 Å². The Morgan fingerprint density at radius 1 is 1.28 bits per heavy atom. The van der Waals surface area contributed by atoms with Crippen LogP contribution in [0.5, 0.6) is 5.75 Å². The Morgan fingerprint density at radius 3 is 2.67 bits per heavy atom. The van der Waals surface area contributed by atoms with Crippen molar-refractivity contribution in [3.05, 3.63) is 24.0 Å². The summed E-state index contributed by atoms with van der Waals surface area (Å²) in [5, 5.41) is 3.17. The van der Waals surface area contributed by atoms with E-state index in [0.29, 0.717) is 24.5 Å². The Kier molecular flexibility index (Phi) is 4.30. The monoisotopic (exact) mass is 260 g/mol. The van der Waals surface area contributed by atoms with E-state index < -0.39 is 18.8 Å².